The maximum absolute atomic E-state index is 13.5. The van der Waals surface area contributed by atoms with Crippen LogP contribution < -0.4 is 0 Å². The summed E-state index contributed by atoms with van der Waals surface area (Å²) in [7, 11) is 0. The fourth-order valence-corrected chi connectivity index (χ4v) is 2.69. The van der Waals surface area contributed by atoms with Crippen LogP contribution in [0.1, 0.15) is 36.8 Å². The number of halogens is 2. The van der Waals surface area contributed by atoms with E-state index < -0.39 is 0 Å². The van der Waals surface area contributed by atoms with Gasteiger partial charge in [0.15, 0.2) is 0 Å². The first-order chi connectivity index (χ1) is 9.13. The number of hydrogen-bond donors (Lipinski definition) is 0. The molecule has 2 aromatic rings. The smallest absolute Gasteiger partial charge is 0.139 e. The lowest BCUT2D eigenvalue weighted by molar-refractivity contribution is 0.183. The van der Waals surface area contributed by atoms with Crippen LogP contribution in [0.3, 0.4) is 0 Å². The Kier molecular flexibility index (Phi) is 6.03. The van der Waals surface area contributed by atoms with Crippen LogP contribution in [-0.4, -0.2) is 24.7 Å². The van der Waals surface area contributed by atoms with Gasteiger partial charge in [-0.25, -0.2) is 4.39 Å². The van der Waals surface area contributed by atoms with Crippen molar-refractivity contribution in [2.75, 3.05) is 19.8 Å². The van der Waals surface area contributed by atoms with E-state index in [1.807, 2.05) is 32.0 Å². The second-order valence-corrected chi connectivity index (χ2v) is 4.90. The maximum atomic E-state index is 13.5. The van der Waals surface area contributed by atoms with Gasteiger partial charge in [-0.05, 0) is 32.5 Å². The topological polar surface area (TPSA) is 16.4 Å². The zero-order chi connectivity index (χ0) is 14.0. The third kappa shape index (κ3) is 2.84. The van der Waals surface area contributed by atoms with E-state index in [0.29, 0.717) is 0 Å². The standard InChI is InChI=1S/C16H22FNO.ClH/c1-5-18(6-2)15(10-17)14-9-7-8-13-11(3)12(4)19-16(13)14;/h7-9,15H,5-6,10H2,1-4H3;1H. The fourth-order valence-electron chi connectivity index (χ4n) is 2.69. The molecular formula is C16H23ClFNO. The Bertz CT molecular complexity index is 563. The van der Waals surface area contributed by atoms with Gasteiger partial charge in [0.05, 0.1) is 6.04 Å². The minimum atomic E-state index is -0.389. The van der Waals surface area contributed by atoms with Crippen LogP contribution in [0.2, 0.25) is 0 Å². The van der Waals surface area contributed by atoms with Gasteiger partial charge in [-0.2, -0.15) is 0 Å². The molecule has 1 aromatic heterocycles. The van der Waals surface area contributed by atoms with E-state index in [1.54, 1.807) is 0 Å². The monoisotopic (exact) mass is 299 g/mol. The molecule has 20 heavy (non-hydrogen) atoms. The van der Waals surface area contributed by atoms with Crippen LogP contribution >= 0.6 is 12.4 Å². The lowest BCUT2D eigenvalue weighted by atomic mass is 10.0. The molecule has 0 aliphatic rings. The second-order valence-electron chi connectivity index (χ2n) is 4.90. The lowest BCUT2D eigenvalue weighted by Crippen LogP contribution is -2.29. The van der Waals surface area contributed by atoms with Gasteiger partial charge in [0.25, 0.3) is 0 Å². The Balaban J connectivity index is 0.00000200. The van der Waals surface area contributed by atoms with E-state index >= 15 is 0 Å². The van der Waals surface area contributed by atoms with Crippen molar-refractivity contribution >= 4 is 23.4 Å². The van der Waals surface area contributed by atoms with E-state index in [9.17, 15) is 4.39 Å². The molecule has 0 radical (unpaired) electrons. The Labute approximate surface area is 126 Å². The molecule has 0 aliphatic carbocycles. The predicted octanol–water partition coefficient (Wildman–Crippen LogP) is 4.82. The minimum absolute atomic E-state index is 0. The van der Waals surface area contributed by atoms with Crippen LogP contribution in [0.25, 0.3) is 11.0 Å². The molecule has 0 saturated carbocycles. The van der Waals surface area contributed by atoms with Crippen molar-refractivity contribution in [2.45, 2.75) is 33.7 Å². The van der Waals surface area contributed by atoms with Crippen LogP contribution in [0.4, 0.5) is 4.39 Å². The SMILES string of the molecule is CCN(CC)C(CF)c1cccc2c(C)c(C)oc12.Cl. The first-order valence-electron chi connectivity index (χ1n) is 6.92. The number of rotatable bonds is 5. The number of aryl methyl sites for hydroxylation is 2. The summed E-state index contributed by atoms with van der Waals surface area (Å²) in [4.78, 5) is 2.13. The normalized spacial score (nSPS) is 12.7. The molecule has 0 fully saturated rings. The van der Waals surface area contributed by atoms with Crippen LogP contribution in [0.15, 0.2) is 22.6 Å². The minimum Gasteiger partial charge on any atom is -0.461 e. The molecule has 0 spiro atoms. The van der Waals surface area contributed by atoms with Gasteiger partial charge >= 0.3 is 0 Å². The van der Waals surface area contributed by atoms with Gasteiger partial charge < -0.3 is 4.42 Å². The number of para-hydroxylation sites is 1. The summed E-state index contributed by atoms with van der Waals surface area (Å²) in [6.07, 6.45) is 0. The molecule has 0 aliphatic heterocycles. The Hall–Kier alpha value is -1.06. The highest BCUT2D eigenvalue weighted by Gasteiger charge is 2.22. The summed E-state index contributed by atoms with van der Waals surface area (Å²) in [5, 5.41) is 1.10. The summed E-state index contributed by atoms with van der Waals surface area (Å²) >= 11 is 0. The van der Waals surface area contributed by atoms with E-state index in [0.717, 1.165) is 40.9 Å². The highest BCUT2D eigenvalue weighted by Crippen LogP contribution is 2.33. The Morgan fingerprint density at radius 1 is 1.20 bits per heavy atom. The van der Waals surface area contributed by atoms with Gasteiger partial charge in [0.1, 0.15) is 18.0 Å². The highest BCUT2D eigenvalue weighted by molar-refractivity contribution is 5.85. The average Bonchev–Trinajstić information content (AvgIpc) is 2.72. The van der Waals surface area contributed by atoms with Crippen LogP contribution in [-0.2, 0) is 0 Å². The van der Waals surface area contributed by atoms with E-state index in [2.05, 4.69) is 18.7 Å². The number of furan rings is 1. The second kappa shape index (κ2) is 7.09. The molecule has 2 rings (SSSR count). The van der Waals surface area contributed by atoms with Crippen molar-refractivity contribution in [3.8, 4) is 0 Å². The average molecular weight is 300 g/mol. The number of hydrogen-bond acceptors (Lipinski definition) is 2. The molecule has 1 unspecified atom stereocenters. The molecule has 0 bridgehead atoms. The van der Waals surface area contributed by atoms with Crippen molar-refractivity contribution in [3.05, 3.63) is 35.1 Å². The number of alkyl halides is 1. The zero-order valence-corrected chi connectivity index (χ0v) is 13.4. The van der Waals surface area contributed by atoms with Gasteiger partial charge in [0.2, 0.25) is 0 Å². The molecule has 2 nitrogen and oxygen atoms in total. The Morgan fingerprint density at radius 3 is 2.40 bits per heavy atom. The molecule has 0 amide bonds. The van der Waals surface area contributed by atoms with E-state index in [4.69, 9.17) is 4.42 Å². The summed E-state index contributed by atoms with van der Waals surface area (Å²) < 4.78 is 19.4. The van der Waals surface area contributed by atoms with Crippen LogP contribution in [0.5, 0.6) is 0 Å². The summed E-state index contributed by atoms with van der Waals surface area (Å²) in [5.74, 6) is 0.916. The zero-order valence-electron chi connectivity index (χ0n) is 12.6. The molecule has 0 N–H and O–H groups in total. The molecule has 1 atom stereocenters. The molecular weight excluding hydrogens is 277 g/mol. The first kappa shape index (κ1) is 17.0. The van der Waals surface area contributed by atoms with Gasteiger partial charge in [-0.1, -0.05) is 32.0 Å². The molecule has 112 valence electrons. The maximum Gasteiger partial charge on any atom is 0.139 e. The van der Waals surface area contributed by atoms with Crippen molar-refractivity contribution in [1.29, 1.82) is 0 Å². The molecule has 0 saturated heterocycles. The number of nitrogens with zero attached hydrogens (tertiary/aromatic N) is 1. The molecule has 1 heterocycles. The third-order valence-corrected chi connectivity index (χ3v) is 3.99. The van der Waals surface area contributed by atoms with E-state index in [1.165, 1.54) is 0 Å². The summed E-state index contributed by atoms with van der Waals surface area (Å²) in [6.45, 7) is 9.41. The molecule has 4 heteroatoms. The highest BCUT2D eigenvalue weighted by atomic mass is 35.5. The molecule has 1 aromatic carbocycles. The third-order valence-electron chi connectivity index (χ3n) is 3.99. The lowest BCUT2D eigenvalue weighted by Gasteiger charge is -2.27. The van der Waals surface area contributed by atoms with Gasteiger partial charge in [-0.3, -0.25) is 4.90 Å². The summed E-state index contributed by atoms with van der Waals surface area (Å²) in [5.41, 5.74) is 2.95. The Morgan fingerprint density at radius 2 is 1.85 bits per heavy atom. The largest absolute Gasteiger partial charge is 0.461 e. The van der Waals surface area contributed by atoms with Crippen LogP contribution in [0, 0.1) is 13.8 Å². The van der Waals surface area contributed by atoms with Crippen molar-refractivity contribution in [2.24, 2.45) is 0 Å². The fraction of sp³-hybridized carbons (Fsp3) is 0.500. The predicted molar refractivity (Wildman–Crippen MR) is 84.6 cm³/mol. The van der Waals surface area contributed by atoms with Crippen molar-refractivity contribution in [3.63, 3.8) is 0 Å². The first-order valence-corrected chi connectivity index (χ1v) is 6.92. The van der Waals surface area contributed by atoms with E-state index in [-0.39, 0.29) is 25.1 Å². The van der Waals surface area contributed by atoms with Gasteiger partial charge in [0, 0.05) is 10.9 Å². The number of fused-ring (bicyclic) bond motifs is 1. The summed E-state index contributed by atoms with van der Waals surface area (Å²) in [6, 6.07) is 5.80. The van der Waals surface area contributed by atoms with Crippen molar-refractivity contribution in [1.82, 2.24) is 4.90 Å². The number of benzene rings is 1. The van der Waals surface area contributed by atoms with Crippen molar-refractivity contribution < 1.29 is 8.81 Å². The van der Waals surface area contributed by atoms with Gasteiger partial charge in [-0.15, -0.1) is 12.4 Å². The quantitative estimate of drug-likeness (QED) is 0.786.